The van der Waals surface area contributed by atoms with E-state index in [9.17, 15) is 4.79 Å². The SMILES string of the molecule is CCCCc1cccc(Sc2ccc(CC(=O)OCC)cc2)c1CCCC. The lowest BCUT2D eigenvalue weighted by atomic mass is 9.98. The van der Waals surface area contributed by atoms with Crippen LogP contribution < -0.4 is 0 Å². The van der Waals surface area contributed by atoms with Crippen LogP contribution in [0, 0.1) is 0 Å². The molecule has 0 aliphatic carbocycles. The second-order valence-electron chi connectivity index (χ2n) is 6.83. The van der Waals surface area contributed by atoms with Crippen molar-refractivity contribution >= 4 is 17.7 Å². The molecule has 0 bridgehead atoms. The second kappa shape index (κ2) is 11.9. The number of benzene rings is 2. The molecule has 0 fully saturated rings. The highest BCUT2D eigenvalue weighted by molar-refractivity contribution is 7.99. The average molecular weight is 385 g/mol. The lowest BCUT2D eigenvalue weighted by Gasteiger charge is -2.15. The molecular formula is C24H32O2S. The van der Waals surface area contributed by atoms with Gasteiger partial charge >= 0.3 is 5.97 Å². The summed E-state index contributed by atoms with van der Waals surface area (Å²) in [5.74, 6) is -0.164. The minimum Gasteiger partial charge on any atom is -0.466 e. The number of carbonyl (C=O) groups excluding carboxylic acids is 1. The number of unbranched alkanes of at least 4 members (excludes halogenated alkanes) is 2. The maximum absolute atomic E-state index is 11.6. The zero-order valence-electron chi connectivity index (χ0n) is 16.9. The van der Waals surface area contributed by atoms with Crippen molar-refractivity contribution in [2.75, 3.05) is 6.61 Å². The van der Waals surface area contributed by atoms with Crippen LogP contribution in [0.15, 0.2) is 52.3 Å². The first-order valence-electron chi connectivity index (χ1n) is 10.2. The lowest BCUT2D eigenvalue weighted by molar-refractivity contribution is -0.142. The maximum Gasteiger partial charge on any atom is 0.310 e. The molecule has 2 aromatic rings. The molecule has 0 atom stereocenters. The van der Waals surface area contributed by atoms with Crippen molar-refractivity contribution in [3.63, 3.8) is 0 Å². The number of ether oxygens (including phenoxy) is 1. The highest BCUT2D eigenvalue weighted by Gasteiger charge is 2.10. The number of rotatable bonds is 11. The van der Waals surface area contributed by atoms with Gasteiger partial charge in [-0.25, -0.2) is 0 Å². The number of esters is 1. The minimum atomic E-state index is -0.164. The molecule has 0 saturated carbocycles. The van der Waals surface area contributed by atoms with Gasteiger partial charge in [-0.15, -0.1) is 0 Å². The fourth-order valence-corrected chi connectivity index (χ4v) is 4.16. The van der Waals surface area contributed by atoms with Crippen LogP contribution in [0.1, 0.15) is 63.1 Å². The molecule has 3 heteroatoms. The molecule has 0 unspecified atom stereocenters. The topological polar surface area (TPSA) is 26.3 Å². The van der Waals surface area contributed by atoms with Gasteiger partial charge in [0.25, 0.3) is 0 Å². The van der Waals surface area contributed by atoms with Crippen molar-refractivity contribution in [1.29, 1.82) is 0 Å². The van der Waals surface area contributed by atoms with Crippen LogP contribution in [0.5, 0.6) is 0 Å². The molecular weight excluding hydrogens is 352 g/mol. The summed E-state index contributed by atoms with van der Waals surface area (Å²) >= 11 is 1.83. The number of hydrogen-bond donors (Lipinski definition) is 0. The fourth-order valence-electron chi connectivity index (χ4n) is 3.13. The van der Waals surface area contributed by atoms with E-state index >= 15 is 0 Å². The summed E-state index contributed by atoms with van der Waals surface area (Å²) in [5, 5.41) is 0. The summed E-state index contributed by atoms with van der Waals surface area (Å²) in [5.41, 5.74) is 4.03. The Labute approximate surface area is 168 Å². The van der Waals surface area contributed by atoms with Gasteiger partial charge < -0.3 is 4.74 Å². The summed E-state index contributed by atoms with van der Waals surface area (Å²) in [7, 11) is 0. The molecule has 0 heterocycles. The van der Waals surface area contributed by atoms with Crippen LogP contribution in [0.4, 0.5) is 0 Å². The van der Waals surface area contributed by atoms with Crippen LogP contribution >= 0.6 is 11.8 Å². The standard InChI is InChI=1S/C24H32O2S/c1-4-7-10-20-11-9-13-23(22(20)12-8-5-2)27-21-16-14-19(15-17-21)18-24(25)26-6-3/h9,11,13-17H,4-8,10,12,18H2,1-3H3. The summed E-state index contributed by atoms with van der Waals surface area (Å²) in [6.07, 6.45) is 7.58. The predicted molar refractivity (Wildman–Crippen MR) is 115 cm³/mol. The zero-order chi connectivity index (χ0) is 19.5. The van der Waals surface area contributed by atoms with Gasteiger partial charge in [0.2, 0.25) is 0 Å². The van der Waals surface area contributed by atoms with Crippen LogP contribution in [-0.4, -0.2) is 12.6 Å². The van der Waals surface area contributed by atoms with Crippen LogP contribution in [0.25, 0.3) is 0 Å². The Kier molecular flexibility index (Phi) is 9.47. The third kappa shape index (κ3) is 7.06. The van der Waals surface area contributed by atoms with Crippen LogP contribution in [-0.2, 0) is 28.8 Å². The van der Waals surface area contributed by atoms with E-state index in [1.807, 2.05) is 30.8 Å². The van der Waals surface area contributed by atoms with Crippen molar-refractivity contribution in [1.82, 2.24) is 0 Å². The van der Waals surface area contributed by atoms with E-state index in [0.717, 1.165) is 12.0 Å². The summed E-state index contributed by atoms with van der Waals surface area (Å²) < 4.78 is 5.03. The van der Waals surface area contributed by atoms with Crippen molar-refractivity contribution in [2.24, 2.45) is 0 Å². The van der Waals surface area contributed by atoms with Crippen molar-refractivity contribution < 1.29 is 9.53 Å². The Hall–Kier alpha value is -1.74. The Balaban J connectivity index is 2.14. The third-order valence-corrected chi connectivity index (χ3v) is 5.73. The normalized spacial score (nSPS) is 10.8. The van der Waals surface area contributed by atoms with Gasteiger partial charge in [0.05, 0.1) is 13.0 Å². The van der Waals surface area contributed by atoms with Crippen molar-refractivity contribution in [3.8, 4) is 0 Å². The molecule has 2 nitrogen and oxygen atoms in total. The second-order valence-corrected chi connectivity index (χ2v) is 7.94. The van der Waals surface area contributed by atoms with Gasteiger partial charge in [0.1, 0.15) is 0 Å². The monoisotopic (exact) mass is 384 g/mol. The Bertz CT molecular complexity index is 707. The van der Waals surface area contributed by atoms with Gasteiger partial charge in [0.15, 0.2) is 0 Å². The van der Waals surface area contributed by atoms with Crippen molar-refractivity contribution in [2.45, 2.75) is 75.5 Å². The molecule has 0 aliphatic rings. The molecule has 0 amide bonds. The van der Waals surface area contributed by atoms with E-state index in [1.165, 1.54) is 53.0 Å². The average Bonchev–Trinajstić information content (AvgIpc) is 2.67. The number of aryl methyl sites for hydroxylation is 1. The number of hydrogen-bond acceptors (Lipinski definition) is 3. The summed E-state index contributed by atoms with van der Waals surface area (Å²) in [6.45, 7) is 6.77. The largest absolute Gasteiger partial charge is 0.466 e. The maximum atomic E-state index is 11.6. The zero-order valence-corrected chi connectivity index (χ0v) is 17.7. The van der Waals surface area contributed by atoms with Crippen LogP contribution in [0.3, 0.4) is 0 Å². The lowest BCUT2D eigenvalue weighted by Crippen LogP contribution is -2.07. The van der Waals surface area contributed by atoms with Crippen LogP contribution in [0.2, 0.25) is 0 Å². The van der Waals surface area contributed by atoms with Gasteiger partial charge in [-0.05, 0) is 67.5 Å². The minimum absolute atomic E-state index is 0.164. The van der Waals surface area contributed by atoms with E-state index in [2.05, 4.69) is 44.2 Å². The number of carbonyl (C=O) groups is 1. The van der Waals surface area contributed by atoms with Gasteiger partial charge in [-0.1, -0.05) is 62.7 Å². The highest BCUT2D eigenvalue weighted by Crippen LogP contribution is 2.33. The Morgan fingerprint density at radius 3 is 2.30 bits per heavy atom. The smallest absolute Gasteiger partial charge is 0.310 e. The predicted octanol–water partition coefficient (Wildman–Crippen LogP) is 6.63. The molecule has 27 heavy (non-hydrogen) atoms. The molecule has 0 saturated heterocycles. The molecule has 0 spiro atoms. The van der Waals surface area contributed by atoms with E-state index < -0.39 is 0 Å². The molecule has 0 radical (unpaired) electrons. The van der Waals surface area contributed by atoms with E-state index in [0.29, 0.717) is 13.0 Å². The first kappa shape index (κ1) is 21.6. The Morgan fingerprint density at radius 2 is 1.63 bits per heavy atom. The molecule has 0 aliphatic heterocycles. The first-order valence-corrected chi connectivity index (χ1v) is 11.0. The molecule has 0 N–H and O–H groups in total. The van der Waals surface area contributed by atoms with E-state index in [-0.39, 0.29) is 5.97 Å². The van der Waals surface area contributed by atoms with E-state index in [1.54, 1.807) is 0 Å². The Morgan fingerprint density at radius 1 is 0.926 bits per heavy atom. The highest BCUT2D eigenvalue weighted by atomic mass is 32.2. The van der Waals surface area contributed by atoms with E-state index in [4.69, 9.17) is 4.74 Å². The molecule has 0 aromatic heterocycles. The molecule has 146 valence electrons. The fraction of sp³-hybridized carbons (Fsp3) is 0.458. The third-order valence-electron chi connectivity index (χ3n) is 4.62. The quantitative estimate of drug-likeness (QED) is 0.407. The van der Waals surface area contributed by atoms with Crippen molar-refractivity contribution in [3.05, 3.63) is 59.2 Å². The molecule has 2 aromatic carbocycles. The van der Waals surface area contributed by atoms with Gasteiger partial charge in [-0.2, -0.15) is 0 Å². The summed E-state index contributed by atoms with van der Waals surface area (Å²) in [6, 6.07) is 15.0. The van der Waals surface area contributed by atoms with Gasteiger partial charge in [0, 0.05) is 9.79 Å². The van der Waals surface area contributed by atoms with Gasteiger partial charge in [-0.3, -0.25) is 4.79 Å². The molecule has 2 rings (SSSR count). The summed E-state index contributed by atoms with van der Waals surface area (Å²) in [4.78, 5) is 14.2. The first-order chi connectivity index (χ1) is 13.2.